The number of aliphatic hydroxyl groups excluding tert-OH is 2. The largest absolute Gasteiger partial charge is 0.391 e. The second-order valence-electron chi connectivity index (χ2n) is 7.09. The molecule has 1 aromatic carbocycles. The molecule has 2 rings (SSSR count). The van der Waals surface area contributed by atoms with Gasteiger partial charge in [-0.15, -0.1) is 0 Å². The molecule has 0 saturated heterocycles. The van der Waals surface area contributed by atoms with Crippen molar-refractivity contribution in [1.82, 2.24) is 0 Å². The number of nitrogens with one attached hydrogen (secondary N) is 1. The van der Waals surface area contributed by atoms with Gasteiger partial charge in [0.15, 0.2) is 5.60 Å². The molecule has 0 bridgehead atoms. The van der Waals surface area contributed by atoms with Gasteiger partial charge in [-0.3, -0.25) is 0 Å². The van der Waals surface area contributed by atoms with Gasteiger partial charge in [0, 0.05) is 5.41 Å². The predicted molar refractivity (Wildman–Crippen MR) is 99.0 cm³/mol. The Bertz CT molecular complexity index is 566. The molecule has 0 aromatic heterocycles. The summed E-state index contributed by atoms with van der Waals surface area (Å²) in [6.45, 7) is 3.90. The highest BCUT2D eigenvalue weighted by molar-refractivity contribution is 5.36. The van der Waals surface area contributed by atoms with Crippen molar-refractivity contribution in [2.45, 2.75) is 44.6 Å². The lowest BCUT2D eigenvalue weighted by Gasteiger charge is -2.41. The molecule has 0 radical (unpaired) electrons. The van der Waals surface area contributed by atoms with E-state index in [0.29, 0.717) is 19.6 Å². The van der Waals surface area contributed by atoms with Gasteiger partial charge in [0.1, 0.15) is 19.6 Å². The normalized spacial score (nSPS) is 18.6. The first-order chi connectivity index (χ1) is 12.1. The summed E-state index contributed by atoms with van der Waals surface area (Å²) < 4.78 is 0. The number of hydrogen-bond acceptors (Lipinski definition) is 3. The van der Waals surface area contributed by atoms with E-state index in [1.165, 1.54) is 0 Å². The van der Waals surface area contributed by atoms with Crippen LogP contribution in [0.15, 0.2) is 30.3 Å². The summed E-state index contributed by atoms with van der Waals surface area (Å²) in [5.74, 6) is 6.39. The van der Waals surface area contributed by atoms with Gasteiger partial charge in [0.25, 0.3) is 0 Å². The van der Waals surface area contributed by atoms with Gasteiger partial charge in [-0.1, -0.05) is 56.0 Å². The van der Waals surface area contributed by atoms with E-state index in [9.17, 15) is 5.11 Å². The summed E-state index contributed by atoms with van der Waals surface area (Å²) in [6.07, 6.45) is 5.16. The maximum absolute atomic E-state index is 11.7. The third kappa shape index (κ3) is 4.43. The Balaban J connectivity index is 2.32. The van der Waals surface area contributed by atoms with E-state index < -0.39 is 5.60 Å². The molecule has 4 N–H and O–H groups in total. The maximum atomic E-state index is 11.7. The SMILES string of the molecule is CCC1([C@](O)(C#CC[NH+](CCO)CCO)c2ccccc2)CCCC1. The molecule has 4 nitrogen and oxygen atoms in total. The highest BCUT2D eigenvalue weighted by Crippen LogP contribution is 2.53. The summed E-state index contributed by atoms with van der Waals surface area (Å²) in [5, 5.41) is 30.0. The minimum Gasteiger partial charge on any atom is -0.391 e. The molecule has 1 aliphatic carbocycles. The molecule has 0 heterocycles. The highest BCUT2D eigenvalue weighted by Gasteiger charge is 2.50. The Morgan fingerprint density at radius 2 is 1.68 bits per heavy atom. The lowest BCUT2D eigenvalue weighted by Crippen LogP contribution is -3.13. The Morgan fingerprint density at radius 1 is 1.08 bits per heavy atom. The zero-order chi connectivity index (χ0) is 18.2. The summed E-state index contributed by atoms with van der Waals surface area (Å²) in [4.78, 5) is 1.03. The molecule has 138 valence electrons. The van der Waals surface area contributed by atoms with Crippen molar-refractivity contribution in [3.05, 3.63) is 35.9 Å². The van der Waals surface area contributed by atoms with Gasteiger partial charge >= 0.3 is 0 Å². The third-order valence-electron chi connectivity index (χ3n) is 5.73. The fourth-order valence-electron chi connectivity index (χ4n) is 4.13. The molecule has 1 aromatic rings. The van der Waals surface area contributed by atoms with Gasteiger partial charge in [-0.05, 0) is 30.7 Å². The molecule has 0 amide bonds. The van der Waals surface area contributed by atoms with E-state index in [4.69, 9.17) is 10.2 Å². The van der Waals surface area contributed by atoms with E-state index in [1.54, 1.807) is 0 Å². The molecule has 0 spiro atoms. The van der Waals surface area contributed by atoms with Crippen LogP contribution >= 0.6 is 0 Å². The monoisotopic (exact) mass is 346 g/mol. The first-order valence-electron chi connectivity index (χ1n) is 9.45. The topological polar surface area (TPSA) is 65.1 Å². The number of hydrogen-bond donors (Lipinski definition) is 4. The van der Waals surface area contributed by atoms with Crippen molar-refractivity contribution in [3.63, 3.8) is 0 Å². The molecular formula is C21H32NO3+. The van der Waals surface area contributed by atoms with Crippen LogP contribution in [0.25, 0.3) is 0 Å². The highest BCUT2D eigenvalue weighted by atomic mass is 16.3. The molecule has 25 heavy (non-hydrogen) atoms. The zero-order valence-corrected chi connectivity index (χ0v) is 15.3. The lowest BCUT2D eigenvalue weighted by molar-refractivity contribution is -0.893. The van der Waals surface area contributed by atoms with Crippen LogP contribution in [0.1, 0.15) is 44.6 Å². The second kappa shape index (κ2) is 9.35. The quantitative estimate of drug-likeness (QED) is 0.525. The standard InChI is InChI=1S/C21H31NO3/c1-2-20(11-6-7-12-20)21(25,19-9-4-3-5-10-19)13-8-14-22(15-17-23)16-18-24/h3-5,9-10,23-25H,2,6-7,11-12,14-18H2,1H3/p+1/t21-/m0/s1. The fourth-order valence-corrected chi connectivity index (χ4v) is 4.13. The van der Waals surface area contributed by atoms with Crippen LogP contribution in [0, 0.1) is 17.3 Å². The average molecular weight is 346 g/mol. The van der Waals surface area contributed by atoms with Crippen LogP contribution in [-0.2, 0) is 5.60 Å². The number of rotatable bonds is 8. The Labute approximate surface area is 151 Å². The Morgan fingerprint density at radius 3 is 2.20 bits per heavy atom. The van der Waals surface area contributed by atoms with Crippen molar-refractivity contribution in [2.24, 2.45) is 5.41 Å². The summed E-state index contributed by atoms with van der Waals surface area (Å²) in [6, 6.07) is 9.80. The van der Waals surface area contributed by atoms with Crippen LogP contribution in [0.2, 0.25) is 0 Å². The Hall–Kier alpha value is -1.38. The molecule has 4 heteroatoms. The molecule has 1 aliphatic rings. The van der Waals surface area contributed by atoms with Gasteiger partial charge in [-0.25, -0.2) is 0 Å². The van der Waals surface area contributed by atoms with Crippen LogP contribution < -0.4 is 4.90 Å². The van der Waals surface area contributed by atoms with Crippen molar-refractivity contribution in [2.75, 3.05) is 32.8 Å². The number of benzene rings is 1. The first kappa shape index (κ1) is 19.9. The van der Waals surface area contributed by atoms with Gasteiger partial charge in [0.05, 0.1) is 13.2 Å². The van der Waals surface area contributed by atoms with Crippen molar-refractivity contribution in [1.29, 1.82) is 0 Å². The number of quaternary nitrogens is 1. The van der Waals surface area contributed by atoms with Crippen LogP contribution in [0.3, 0.4) is 0 Å². The average Bonchev–Trinajstić information content (AvgIpc) is 3.13. The van der Waals surface area contributed by atoms with E-state index in [0.717, 1.165) is 42.6 Å². The predicted octanol–water partition coefficient (Wildman–Crippen LogP) is 0.718. The smallest absolute Gasteiger partial charge is 0.156 e. The third-order valence-corrected chi connectivity index (χ3v) is 5.73. The summed E-state index contributed by atoms with van der Waals surface area (Å²) >= 11 is 0. The minimum absolute atomic E-state index is 0.0683. The molecule has 1 saturated carbocycles. The lowest BCUT2D eigenvalue weighted by atomic mass is 9.65. The van der Waals surface area contributed by atoms with Gasteiger partial charge in [-0.2, -0.15) is 0 Å². The number of aliphatic hydroxyl groups is 3. The second-order valence-corrected chi connectivity index (χ2v) is 7.09. The summed E-state index contributed by atoms with van der Waals surface area (Å²) in [5.41, 5.74) is -0.476. The van der Waals surface area contributed by atoms with Gasteiger partial charge in [0.2, 0.25) is 0 Å². The van der Waals surface area contributed by atoms with Crippen molar-refractivity contribution in [3.8, 4) is 11.8 Å². The minimum atomic E-state index is -1.15. The van der Waals surface area contributed by atoms with Crippen LogP contribution in [0.4, 0.5) is 0 Å². The van der Waals surface area contributed by atoms with E-state index in [2.05, 4.69) is 18.8 Å². The Kier molecular flexibility index (Phi) is 7.46. The van der Waals surface area contributed by atoms with E-state index >= 15 is 0 Å². The van der Waals surface area contributed by atoms with E-state index in [-0.39, 0.29) is 18.6 Å². The molecule has 1 atom stereocenters. The molecule has 1 fully saturated rings. The van der Waals surface area contributed by atoms with Crippen molar-refractivity contribution < 1.29 is 20.2 Å². The van der Waals surface area contributed by atoms with E-state index in [1.807, 2.05) is 30.3 Å². The van der Waals surface area contributed by atoms with Gasteiger partial charge < -0.3 is 20.2 Å². The molecule has 0 unspecified atom stereocenters. The first-order valence-corrected chi connectivity index (χ1v) is 9.45. The van der Waals surface area contributed by atoms with Crippen LogP contribution in [-0.4, -0.2) is 48.2 Å². The molecule has 0 aliphatic heterocycles. The van der Waals surface area contributed by atoms with Crippen molar-refractivity contribution >= 4 is 0 Å². The van der Waals surface area contributed by atoms with Crippen LogP contribution in [0.5, 0.6) is 0 Å². The summed E-state index contributed by atoms with van der Waals surface area (Å²) in [7, 11) is 0. The fraction of sp³-hybridized carbons (Fsp3) is 0.619. The maximum Gasteiger partial charge on any atom is 0.156 e. The molecular weight excluding hydrogens is 314 g/mol. The zero-order valence-electron chi connectivity index (χ0n) is 15.3.